The van der Waals surface area contributed by atoms with E-state index in [9.17, 15) is 12.8 Å². The highest BCUT2D eigenvalue weighted by molar-refractivity contribution is 7.92. The molecule has 1 aromatic heterocycles. The van der Waals surface area contributed by atoms with Crippen LogP contribution in [-0.4, -0.2) is 20.7 Å². The maximum Gasteiger partial charge on any atom is 0.265 e. The number of rotatable bonds is 5. The van der Waals surface area contributed by atoms with Crippen molar-refractivity contribution in [2.75, 3.05) is 11.8 Å². The minimum Gasteiger partial charge on any atom is -0.495 e. The molecule has 0 saturated heterocycles. The van der Waals surface area contributed by atoms with Crippen LogP contribution < -0.4 is 9.46 Å². The molecule has 1 N–H and O–H groups in total. The maximum absolute atomic E-state index is 13.0. The molecule has 0 aliphatic rings. The summed E-state index contributed by atoms with van der Waals surface area (Å²) in [7, 11) is -2.57. The van der Waals surface area contributed by atoms with E-state index >= 15 is 0 Å². The summed E-state index contributed by atoms with van der Waals surface area (Å²) in [6, 6.07) is 9.85. The van der Waals surface area contributed by atoms with Crippen molar-refractivity contribution in [3.05, 3.63) is 59.7 Å². The molecule has 0 amide bonds. The number of anilines is 1. The minimum atomic E-state index is -3.96. The Balaban J connectivity index is 2.07. The lowest BCUT2D eigenvalue weighted by molar-refractivity contribution is 0.393. The van der Waals surface area contributed by atoms with E-state index in [2.05, 4.69) is 9.88 Å². The third kappa shape index (κ3) is 3.41. The Hall–Kier alpha value is -2.87. The quantitative estimate of drug-likeness (QED) is 0.730. The molecular weight excluding hydrogens is 359 g/mol. The molecule has 8 heteroatoms. The number of benzene rings is 2. The molecule has 0 saturated carbocycles. The minimum absolute atomic E-state index is 0.0400. The van der Waals surface area contributed by atoms with E-state index in [1.54, 1.807) is 26.0 Å². The highest BCUT2D eigenvalue weighted by Gasteiger charge is 2.22. The molecule has 0 radical (unpaired) electrons. The lowest BCUT2D eigenvalue weighted by Gasteiger charge is -2.13. The summed E-state index contributed by atoms with van der Waals surface area (Å²) < 4.78 is 51.5. The fourth-order valence-electron chi connectivity index (χ4n) is 2.67. The predicted octanol–water partition coefficient (Wildman–Crippen LogP) is 3.91. The summed E-state index contributed by atoms with van der Waals surface area (Å²) in [5.74, 6) is 0.323. The summed E-state index contributed by atoms with van der Waals surface area (Å²) in [4.78, 5) is -0.0400. The first-order chi connectivity index (χ1) is 12.3. The third-order valence-corrected chi connectivity index (χ3v) is 5.27. The van der Waals surface area contributed by atoms with Crippen LogP contribution in [0.3, 0.4) is 0 Å². The van der Waals surface area contributed by atoms with Crippen molar-refractivity contribution in [1.29, 1.82) is 0 Å². The molecule has 3 aromatic rings. The topological polar surface area (TPSA) is 81.4 Å². The highest BCUT2D eigenvalue weighted by Crippen LogP contribution is 2.33. The van der Waals surface area contributed by atoms with Crippen LogP contribution in [-0.2, 0) is 10.0 Å². The van der Waals surface area contributed by atoms with E-state index in [1.165, 1.54) is 37.4 Å². The van der Waals surface area contributed by atoms with Crippen LogP contribution in [0.5, 0.6) is 5.75 Å². The predicted molar refractivity (Wildman–Crippen MR) is 95.2 cm³/mol. The van der Waals surface area contributed by atoms with Gasteiger partial charge in [-0.1, -0.05) is 11.2 Å². The zero-order valence-corrected chi connectivity index (χ0v) is 15.2. The summed E-state index contributed by atoms with van der Waals surface area (Å²) >= 11 is 0. The molecule has 0 aliphatic heterocycles. The molecule has 3 rings (SSSR count). The Bertz CT molecular complexity index is 1020. The van der Waals surface area contributed by atoms with Gasteiger partial charge in [-0.05, 0) is 55.8 Å². The van der Waals surface area contributed by atoms with Crippen LogP contribution in [0.15, 0.2) is 51.9 Å². The first kappa shape index (κ1) is 17.9. The molecular formula is C18H17FN2O4S. The number of nitrogens with zero attached hydrogens (tertiary/aromatic N) is 1. The van der Waals surface area contributed by atoms with Crippen molar-refractivity contribution < 1.29 is 22.1 Å². The van der Waals surface area contributed by atoms with Crippen molar-refractivity contribution in [1.82, 2.24) is 5.16 Å². The number of ether oxygens (including phenoxy) is 1. The SMILES string of the molecule is COc1ccc(-c2c(C)noc2C)cc1S(=O)(=O)Nc1ccc(F)cc1. The summed E-state index contributed by atoms with van der Waals surface area (Å²) in [5.41, 5.74) is 2.27. The Kier molecular flexibility index (Phi) is 4.69. The number of hydrogen-bond donors (Lipinski definition) is 1. The molecule has 0 aliphatic carbocycles. The van der Waals surface area contributed by atoms with E-state index in [0.717, 1.165) is 5.56 Å². The fraction of sp³-hybridized carbons (Fsp3) is 0.167. The van der Waals surface area contributed by atoms with Gasteiger partial charge in [0.2, 0.25) is 0 Å². The van der Waals surface area contributed by atoms with Crippen molar-refractivity contribution in [3.63, 3.8) is 0 Å². The zero-order chi connectivity index (χ0) is 18.9. The molecule has 26 heavy (non-hydrogen) atoms. The lowest BCUT2D eigenvalue weighted by Crippen LogP contribution is -2.14. The average molecular weight is 376 g/mol. The van der Waals surface area contributed by atoms with Gasteiger partial charge in [-0.25, -0.2) is 12.8 Å². The largest absolute Gasteiger partial charge is 0.495 e. The summed E-state index contributed by atoms with van der Waals surface area (Å²) in [6.07, 6.45) is 0. The number of nitrogens with one attached hydrogen (secondary N) is 1. The second kappa shape index (κ2) is 6.80. The summed E-state index contributed by atoms with van der Waals surface area (Å²) in [5, 5.41) is 3.90. The van der Waals surface area contributed by atoms with Gasteiger partial charge < -0.3 is 9.26 Å². The zero-order valence-electron chi connectivity index (χ0n) is 14.4. The van der Waals surface area contributed by atoms with E-state index in [4.69, 9.17) is 9.26 Å². The van der Waals surface area contributed by atoms with E-state index in [0.29, 0.717) is 17.0 Å². The molecule has 0 atom stereocenters. The fourth-order valence-corrected chi connectivity index (χ4v) is 3.92. The van der Waals surface area contributed by atoms with E-state index in [1.807, 2.05) is 0 Å². The van der Waals surface area contributed by atoms with Gasteiger partial charge in [0.1, 0.15) is 22.2 Å². The van der Waals surface area contributed by atoms with Gasteiger partial charge >= 0.3 is 0 Å². The molecule has 1 heterocycles. The second-order valence-corrected chi connectivity index (χ2v) is 7.33. The van der Waals surface area contributed by atoms with Crippen LogP contribution in [0.25, 0.3) is 11.1 Å². The third-order valence-electron chi connectivity index (χ3n) is 3.87. The highest BCUT2D eigenvalue weighted by atomic mass is 32.2. The van der Waals surface area contributed by atoms with Gasteiger partial charge in [0.15, 0.2) is 0 Å². The molecule has 6 nitrogen and oxygen atoms in total. The number of sulfonamides is 1. The van der Waals surface area contributed by atoms with Crippen LogP contribution in [0.2, 0.25) is 0 Å². The maximum atomic E-state index is 13.0. The number of hydrogen-bond acceptors (Lipinski definition) is 5. The first-order valence-corrected chi connectivity index (χ1v) is 9.20. The molecule has 0 bridgehead atoms. The van der Waals surface area contributed by atoms with Gasteiger partial charge in [0, 0.05) is 11.3 Å². The number of halogens is 1. The first-order valence-electron chi connectivity index (χ1n) is 7.71. The lowest BCUT2D eigenvalue weighted by atomic mass is 10.0. The van der Waals surface area contributed by atoms with E-state index in [-0.39, 0.29) is 16.3 Å². The van der Waals surface area contributed by atoms with E-state index < -0.39 is 15.8 Å². The number of methoxy groups -OCH3 is 1. The monoisotopic (exact) mass is 376 g/mol. The Morgan fingerprint density at radius 3 is 2.38 bits per heavy atom. The van der Waals surface area contributed by atoms with Gasteiger partial charge in [-0.3, -0.25) is 4.72 Å². The Morgan fingerprint density at radius 2 is 1.81 bits per heavy atom. The summed E-state index contributed by atoms with van der Waals surface area (Å²) in [6.45, 7) is 3.53. The van der Waals surface area contributed by atoms with Gasteiger partial charge in [-0.15, -0.1) is 0 Å². The van der Waals surface area contributed by atoms with Crippen LogP contribution >= 0.6 is 0 Å². The molecule has 0 fully saturated rings. The van der Waals surface area contributed by atoms with Crippen molar-refractivity contribution >= 4 is 15.7 Å². The molecule has 0 unspecified atom stereocenters. The normalized spacial score (nSPS) is 11.4. The van der Waals surface area contributed by atoms with Gasteiger partial charge in [-0.2, -0.15) is 0 Å². The molecule has 0 spiro atoms. The Morgan fingerprint density at radius 1 is 1.12 bits per heavy atom. The Labute approximate surface area is 150 Å². The number of aryl methyl sites for hydroxylation is 2. The standard InChI is InChI=1S/C18H17FN2O4S/c1-11-18(12(2)25-20-11)13-4-9-16(24-3)17(10-13)26(22,23)21-15-7-5-14(19)6-8-15/h4-10,21H,1-3H3. The van der Waals surface area contributed by atoms with Gasteiger partial charge in [0.05, 0.1) is 12.8 Å². The van der Waals surface area contributed by atoms with Crippen molar-refractivity contribution in [2.24, 2.45) is 0 Å². The van der Waals surface area contributed by atoms with Gasteiger partial charge in [0.25, 0.3) is 10.0 Å². The van der Waals surface area contributed by atoms with Crippen LogP contribution in [0.4, 0.5) is 10.1 Å². The molecule has 2 aromatic carbocycles. The van der Waals surface area contributed by atoms with Crippen LogP contribution in [0.1, 0.15) is 11.5 Å². The average Bonchev–Trinajstić information content (AvgIpc) is 2.95. The van der Waals surface area contributed by atoms with Crippen molar-refractivity contribution in [3.8, 4) is 16.9 Å². The number of aromatic nitrogens is 1. The molecule has 136 valence electrons. The van der Waals surface area contributed by atoms with Crippen molar-refractivity contribution in [2.45, 2.75) is 18.7 Å². The smallest absolute Gasteiger partial charge is 0.265 e. The second-order valence-electron chi connectivity index (χ2n) is 5.68. The van der Waals surface area contributed by atoms with Crippen LogP contribution in [0, 0.1) is 19.7 Å².